The van der Waals surface area contributed by atoms with Gasteiger partial charge in [0.05, 0.1) is 32.8 Å². The Kier molecular flexibility index (Phi) is 19.4. The molecule has 4 saturated heterocycles. The summed E-state index contributed by atoms with van der Waals surface area (Å²) in [6, 6.07) is 22.3. The minimum Gasteiger partial charge on any atom is -0.481 e. The highest BCUT2D eigenvalue weighted by molar-refractivity contribution is 6.29. The van der Waals surface area contributed by atoms with Gasteiger partial charge in [-0.15, -0.1) is 10.1 Å². The van der Waals surface area contributed by atoms with Gasteiger partial charge in [-0.25, -0.2) is 9.59 Å². The van der Waals surface area contributed by atoms with Crippen molar-refractivity contribution >= 4 is 58.6 Å². The number of benzene rings is 4. The van der Waals surface area contributed by atoms with Crippen molar-refractivity contribution in [1.29, 1.82) is 0 Å². The van der Waals surface area contributed by atoms with Crippen molar-refractivity contribution in [3.05, 3.63) is 140 Å². The zero-order valence-corrected chi connectivity index (χ0v) is 50.8. The Bertz CT molecular complexity index is 3100. The van der Waals surface area contributed by atoms with Crippen LogP contribution in [-0.4, -0.2) is 176 Å². The molecule has 4 aromatic rings. The number of piperazine rings is 2. The summed E-state index contributed by atoms with van der Waals surface area (Å²) < 4.78 is 0. The third-order valence-corrected chi connectivity index (χ3v) is 19.9. The Balaban J connectivity index is 1.18. The second-order valence-corrected chi connectivity index (χ2v) is 24.5. The molecule has 8 rings (SSSR count). The predicted molar refractivity (Wildman–Crippen MR) is 321 cm³/mol. The Labute approximate surface area is 509 Å². The molecule has 26 nitrogen and oxygen atoms in total. The largest absolute Gasteiger partial charge is 0.481 e. The second kappa shape index (κ2) is 25.9. The van der Waals surface area contributed by atoms with E-state index in [1.165, 1.54) is 77.9 Å². The number of rotatable bonds is 20. The molecule has 26 heteroatoms. The van der Waals surface area contributed by atoms with Crippen molar-refractivity contribution in [2.45, 2.75) is 104 Å². The Morgan fingerprint density at radius 1 is 0.534 bits per heavy atom. The summed E-state index contributed by atoms with van der Waals surface area (Å²) in [5, 5.41) is 73.2. The lowest BCUT2D eigenvalue weighted by molar-refractivity contribution is -0.385. The molecule has 0 amide bonds. The summed E-state index contributed by atoms with van der Waals surface area (Å²) >= 11 is 0. The number of non-ortho nitro benzene ring substituents is 2. The van der Waals surface area contributed by atoms with Crippen molar-refractivity contribution in [3.8, 4) is 0 Å². The van der Waals surface area contributed by atoms with Gasteiger partial charge >= 0.3 is 35.8 Å². The number of hydroxylamine groups is 4. The number of aryl methyl sites for hydroxylation is 2. The van der Waals surface area contributed by atoms with E-state index in [-0.39, 0.29) is 37.1 Å². The van der Waals surface area contributed by atoms with Gasteiger partial charge in [0, 0.05) is 99.8 Å². The normalized spacial score (nSPS) is 28.3. The number of carboxylic acids is 4. The quantitative estimate of drug-likeness (QED) is 0.0340. The van der Waals surface area contributed by atoms with Gasteiger partial charge in [0.1, 0.15) is 23.2 Å². The van der Waals surface area contributed by atoms with Crippen molar-refractivity contribution in [2.75, 3.05) is 75.2 Å². The molecule has 0 spiro atoms. The van der Waals surface area contributed by atoms with Crippen LogP contribution in [0.2, 0.25) is 0 Å². The lowest BCUT2D eigenvalue weighted by Gasteiger charge is -2.61. The first-order chi connectivity index (χ1) is 41.6. The highest BCUT2D eigenvalue weighted by atomic mass is 16.8. The number of carboxylic acid groups (broad SMARTS) is 4. The number of piperidine rings is 2. The van der Waals surface area contributed by atoms with Crippen LogP contribution >= 0.6 is 0 Å². The smallest absolute Gasteiger partial charge is 0.438 e. The lowest BCUT2D eigenvalue weighted by atomic mass is 9.48. The Hall–Kier alpha value is -8.14. The number of hydrogen-bond donors (Lipinski definition) is 6. The first kappa shape index (κ1) is 65.8. The standard InChI is InChI=1S/C62H80N10O16/c1-37(2)61(57(79)80)49(43-17-13-19-45(35-43)71(83)84)59(55(75)76,23-25-65-27-31-67(32-28-65)47-21-11-9-15-39(47)5)41(7)69(53(61)63)87-51(73)52(74)88-70-42(8)60(56(77)78,24-26-66-29-33-68(34-30-66)48-22-12-10-16-40(48)6)50(44-18-14-20-46(36-44)72(85)86)62(38(3)4,54(70)64)58(81)82/h9-22,35-38,41-42,49-50,53-54H,23-34,63-64H2,1-8H3,(H,75,76)(H,77,78)(H,79,80)(H,81,82). The summed E-state index contributed by atoms with van der Waals surface area (Å²) in [4.78, 5) is 131. The molecular weight excluding hydrogens is 1140 g/mol. The summed E-state index contributed by atoms with van der Waals surface area (Å²) in [6.45, 7) is 16.4. The van der Waals surface area contributed by atoms with E-state index in [1.54, 1.807) is 0 Å². The maximum Gasteiger partial charge on any atom is 0.438 e. The molecule has 0 bridgehead atoms. The van der Waals surface area contributed by atoms with Gasteiger partial charge < -0.3 is 51.4 Å². The fourth-order valence-corrected chi connectivity index (χ4v) is 15.2. The highest BCUT2D eigenvalue weighted by Crippen LogP contribution is 2.64. The van der Waals surface area contributed by atoms with Crippen LogP contribution in [0.15, 0.2) is 97.1 Å². The van der Waals surface area contributed by atoms with E-state index in [1.807, 2.05) is 72.2 Å². The number of nitro benzene ring substituents is 2. The molecule has 0 radical (unpaired) electrons. The average molecular weight is 1220 g/mol. The second-order valence-electron chi connectivity index (χ2n) is 24.5. The van der Waals surface area contributed by atoms with Crippen LogP contribution < -0.4 is 21.3 Å². The van der Waals surface area contributed by atoms with Crippen molar-refractivity contribution in [2.24, 2.45) is 45.0 Å². The van der Waals surface area contributed by atoms with Crippen LogP contribution in [0.5, 0.6) is 0 Å². The SMILES string of the molecule is Cc1ccccc1N1CCN(CCC2(C(=O)O)C(C)N(OC(=O)C(=O)ON3C(C)C(CCN4CCN(c5ccccc5C)CC4)(C(=O)O)C(c4cccc([N+](=O)[O-])c4)C(C(=O)O)(C(C)C)C3N)C(N)C(C(=O)O)(C(C)C)C2c2cccc([N+](=O)[O-])c2)CC1. The van der Waals surface area contributed by atoms with E-state index in [9.17, 15) is 69.4 Å². The number of nitrogens with zero attached hydrogens (tertiary/aromatic N) is 8. The van der Waals surface area contributed by atoms with Crippen LogP contribution in [0, 0.1) is 67.6 Å². The minimum absolute atomic E-state index is 0.0225. The van der Waals surface area contributed by atoms with Crippen molar-refractivity contribution < 1.29 is 68.7 Å². The molecule has 0 aliphatic carbocycles. The first-order valence-corrected chi connectivity index (χ1v) is 29.6. The summed E-state index contributed by atoms with van der Waals surface area (Å²) in [5.41, 5.74) is 7.52. The van der Waals surface area contributed by atoms with E-state index in [0.29, 0.717) is 62.5 Å². The molecule has 10 unspecified atom stereocenters. The molecule has 0 saturated carbocycles. The third kappa shape index (κ3) is 11.3. The monoisotopic (exact) mass is 1220 g/mol. The number of nitro groups is 2. The van der Waals surface area contributed by atoms with Crippen LogP contribution in [0.4, 0.5) is 22.7 Å². The number of para-hydroxylation sites is 2. The summed E-state index contributed by atoms with van der Waals surface area (Å²) in [7, 11) is 0. The number of hydrogen-bond acceptors (Lipinski definition) is 20. The number of nitrogens with two attached hydrogens (primary N) is 2. The van der Waals surface area contributed by atoms with Crippen LogP contribution in [-0.2, 0) is 38.4 Å². The van der Waals surface area contributed by atoms with Gasteiger partial charge in [-0.05, 0) is 99.8 Å². The number of anilines is 2. The van der Waals surface area contributed by atoms with Gasteiger partial charge in [0.2, 0.25) is 0 Å². The molecule has 4 aliphatic heterocycles. The van der Waals surface area contributed by atoms with Gasteiger partial charge in [0.25, 0.3) is 11.4 Å². The van der Waals surface area contributed by atoms with Gasteiger partial charge in [-0.3, -0.25) is 49.2 Å². The molecular formula is C62H80N10O16. The zero-order chi connectivity index (χ0) is 64.5. The number of carbonyl (C=O) groups excluding carboxylic acids is 2. The molecule has 8 N–H and O–H groups in total. The average Bonchev–Trinajstić information content (AvgIpc) is 0.723. The molecule has 4 heterocycles. The molecule has 10 atom stereocenters. The molecule has 0 aromatic heterocycles. The third-order valence-electron chi connectivity index (χ3n) is 19.9. The number of carbonyl (C=O) groups is 6. The van der Waals surface area contributed by atoms with E-state index >= 15 is 0 Å². The van der Waals surface area contributed by atoms with Crippen molar-refractivity contribution in [3.63, 3.8) is 0 Å². The van der Waals surface area contributed by atoms with E-state index in [4.69, 9.17) is 21.1 Å². The maximum atomic E-state index is 14.8. The number of aliphatic carboxylic acids is 4. The van der Waals surface area contributed by atoms with E-state index in [0.717, 1.165) is 34.6 Å². The maximum absolute atomic E-state index is 14.8. The molecule has 4 fully saturated rings. The summed E-state index contributed by atoms with van der Waals surface area (Å²) in [6.07, 6.45) is -4.74. The van der Waals surface area contributed by atoms with E-state index < -0.39 is 127 Å². The fraction of sp³-hybridized carbons (Fsp3) is 0.516. The molecule has 88 heavy (non-hydrogen) atoms. The molecule has 474 valence electrons. The van der Waals surface area contributed by atoms with Crippen molar-refractivity contribution in [1.82, 2.24) is 19.9 Å². The Morgan fingerprint density at radius 3 is 1.15 bits per heavy atom. The summed E-state index contributed by atoms with van der Waals surface area (Å²) in [5.74, 6) is -16.0. The first-order valence-electron chi connectivity index (χ1n) is 29.6. The van der Waals surface area contributed by atoms with Gasteiger partial charge in [-0.2, -0.15) is 0 Å². The van der Waals surface area contributed by atoms with Gasteiger partial charge in [0.15, 0.2) is 0 Å². The lowest BCUT2D eigenvalue weighted by Crippen LogP contribution is -2.76. The molecule has 4 aliphatic rings. The minimum atomic E-state index is -2.49. The van der Waals surface area contributed by atoms with Crippen LogP contribution in [0.3, 0.4) is 0 Å². The molecule has 4 aromatic carbocycles. The highest BCUT2D eigenvalue weighted by Gasteiger charge is 2.74. The topological polar surface area (TPSA) is 360 Å². The predicted octanol–water partition coefficient (Wildman–Crippen LogP) is 5.90. The van der Waals surface area contributed by atoms with Crippen LogP contribution in [0.25, 0.3) is 0 Å². The van der Waals surface area contributed by atoms with Crippen LogP contribution in [0.1, 0.15) is 88.5 Å². The van der Waals surface area contributed by atoms with E-state index in [2.05, 4.69) is 9.80 Å². The zero-order valence-electron chi connectivity index (χ0n) is 50.8. The Morgan fingerprint density at radius 2 is 0.864 bits per heavy atom. The fourth-order valence-electron chi connectivity index (χ4n) is 15.2. The van der Waals surface area contributed by atoms with Gasteiger partial charge in [-0.1, -0.05) is 88.4 Å².